The van der Waals surface area contributed by atoms with Crippen molar-refractivity contribution in [2.24, 2.45) is 0 Å². The largest absolute Gasteiger partial charge is 0.338 e. The van der Waals surface area contributed by atoms with E-state index >= 15 is 0 Å². The molecule has 2 saturated heterocycles. The molecule has 0 atom stereocenters. The third-order valence-corrected chi connectivity index (χ3v) is 5.58. The van der Waals surface area contributed by atoms with E-state index in [1.165, 1.54) is 0 Å². The lowest BCUT2D eigenvalue weighted by atomic mass is 9.90. The highest BCUT2D eigenvalue weighted by Crippen LogP contribution is 2.27. The van der Waals surface area contributed by atoms with E-state index in [0.29, 0.717) is 44.6 Å². The van der Waals surface area contributed by atoms with Crippen LogP contribution in [-0.2, 0) is 27.5 Å². The van der Waals surface area contributed by atoms with E-state index in [1.807, 2.05) is 60.7 Å². The number of hydrogen-bond acceptors (Lipinski definition) is 3. The van der Waals surface area contributed by atoms with Gasteiger partial charge in [0, 0.05) is 39.0 Å². The normalized spacial score (nSPS) is 20.3. The molecule has 0 unspecified atom stereocenters. The molecule has 2 amide bonds. The zero-order valence-corrected chi connectivity index (χ0v) is 16.3. The van der Waals surface area contributed by atoms with Gasteiger partial charge in [-0.25, -0.2) is 0 Å². The Balaban J connectivity index is 1.49. The molecule has 0 aliphatic carbocycles. The number of benzene rings is 2. The number of piperidine rings is 2. The average molecular weight is 388 g/mol. The Morgan fingerprint density at radius 3 is 1.83 bits per heavy atom. The van der Waals surface area contributed by atoms with Crippen LogP contribution in [0.4, 0.5) is 0 Å². The Morgan fingerprint density at radius 2 is 1.24 bits per heavy atom. The maximum Gasteiger partial charge on any atom is 0.257 e. The van der Waals surface area contributed by atoms with Crippen LogP contribution in [0.5, 0.6) is 0 Å². The average Bonchev–Trinajstić information content (AvgIpc) is 2.74. The molecule has 2 fully saturated rings. The van der Waals surface area contributed by atoms with E-state index in [4.69, 9.17) is 0 Å². The van der Waals surface area contributed by atoms with Crippen molar-refractivity contribution in [1.29, 1.82) is 0 Å². The highest BCUT2D eigenvalue weighted by Gasteiger charge is 2.34. The van der Waals surface area contributed by atoms with E-state index in [-0.39, 0.29) is 29.6 Å². The maximum atomic E-state index is 13.0. The third-order valence-electron chi connectivity index (χ3n) is 5.58. The van der Waals surface area contributed by atoms with Crippen molar-refractivity contribution in [2.45, 2.75) is 32.4 Å². The highest BCUT2D eigenvalue weighted by atomic mass is 16.2. The van der Waals surface area contributed by atoms with Gasteiger partial charge in [-0.15, -0.1) is 0 Å². The summed E-state index contributed by atoms with van der Waals surface area (Å²) in [7, 11) is 0. The Labute approximate surface area is 170 Å². The fourth-order valence-corrected chi connectivity index (χ4v) is 4.01. The minimum Gasteiger partial charge on any atom is -0.338 e. The molecule has 0 radical (unpaired) electrons. The summed E-state index contributed by atoms with van der Waals surface area (Å²) in [6, 6.07) is 19.6. The van der Waals surface area contributed by atoms with E-state index in [9.17, 15) is 14.4 Å². The van der Waals surface area contributed by atoms with Gasteiger partial charge in [0.15, 0.2) is 5.78 Å². The SMILES string of the molecule is O=C1CCN(Cc2ccccc2)C(=O)C1=C1CCN(Cc2ccccc2)C(=O)C1. The lowest BCUT2D eigenvalue weighted by Crippen LogP contribution is -2.43. The zero-order valence-electron chi connectivity index (χ0n) is 16.3. The fraction of sp³-hybridized carbons (Fsp3) is 0.292. The van der Waals surface area contributed by atoms with Gasteiger partial charge in [-0.05, 0) is 23.1 Å². The van der Waals surface area contributed by atoms with Crippen molar-refractivity contribution in [3.63, 3.8) is 0 Å². The maximum absolute atomic E-state index is 13.0. The molecule has 0 saturated carbocycles. The van der Waals surface area contributed by atoms with E-state index in [2.05, 4.69) is 0 Å². The van der Waals surface area contributed by atoms with Gasteiger partial charge in [0.05, 0.1) is 5.57 Å². The van der Waals surface area contributed by atoms with Crippen LogP contribution < -0.4 is 0 Å². The highest BCUT2D eigenvalue weighted by molar-refractivity contribution is 6.21. The standard InChI is InChI=1S/C24H24N2O3/c27-21-12-14-26(17-19-9-5-2-6-10-19)24(29)23(21)20-11-13-25(22(28)15-20)16-18-7-3-1-4-8-18/h1-10H,11-17H2. The van der Waals surface area contributed by atoms with Crippen molar-refractivity contribution in [3.05, 3.63) is 82.9 Å². The topological polar surface area (TPSA) is 57.7 Å². The third kappa shape index (κ3) is 4.29. The summed E-state index contributed by atoms with van der Waals surface area (Å²) in [6.45, 7) is 2.01. The smallest absolute Gasteiger partial charge is 0.257 e. The molecule has 2 heterocycles. The van der Waals surface area contributed by atoms with Crippen LogP contribution in [0.15, 0.2) is 71.8 Å². The lowest BCUT2D eigenvalue weighted by Gasteiger charge is -2.33. The molecule has 5 nitrogen and oxygen atoms in total. The van der Waals surface area contributed by atoms with Gasteiger partial charge in [0.2, 0.25) is 5.91 Å². The Bertz CT molecular complexity index is 951. The van der Waals surface area contributed by atoms with Crippen molar-refractivity contribution in [3.8, 4) is 0 Å². The molecule has 29 heavy (non-hydrogen) atoms. The van der Waals surface area contributed by atoms with Crippen LogP contribution in [0.1, 0.15) is 30.4 Å². The molecule has 0 bridgehead atoms. The Morgan fingerprint density at radius 1 is 0.690 bits per heavy atom. The summed E-state index contributed by atoms with van der Waals surface area (Å²) in [5, 5.41) is 0. The Kier molecular flexibility index (Phi) is 5.56. The molecule has 2 aliphatic heterocycles. The van der Waals surface area contributed by atoms with Gasteiger partial charge in [-0.1, -0.05) is 60.7 Å². The number of carbonyl (C=O) groups is 3. The predicted octanol–water partition coefficient (Wildman–Crippen LogP) is 3.11. The van der Waals surface area contributed by atoms with E-state index in [1.54, 1.807) is 9.80 Å². The molecule has 2 aromatic rings. The zero-order chi connectivity index (χ0) is 20.2. The van der Waals surface area contributed by atoms with Crippen molar-refractivity contribution in [1.82, 2.24) is 9.80 Å². The minimum atomic E-state index is -0.232. The summed E-state index contributed by atoms with van der Waals surface area (Å²) in [5.74, 6) is -0.383. The minimum absolute atomic E-state index is 0.0246. The van der Waals surface area contributed by atoms with Crippen molar-refractivity contribution in [2.75, 3.05) is 13.1 Å². The first kappa shape index (κ1) is 19.1. The summed E-state index contributed by atoms with van der Waals surface area (Å²) in [5.41, 5.74) is 3.07. The second-order valence-electron chi connectivity index (χ2n) is 7.59. The van der Waals surface area contributed by atoms with Crippen LogP contribution >= 0.6 is 0 Å². The molecule has 5 heteroatoms. The van der Waals surface area contributed by atoms with Gasteiger partial charge in [0.1, 0.15) is 0 Å². The van der Waals surface area contributed by atoms with Crippen LogP contribution in [0.3, 0.4) is 0 Å². The summed E-state index contributed by atoms with van der Waals surface area (Å²) < 4.78 is 0. The van der Waals surface area contributed by atoms with Gasteiger partial charge >= 0.3 is 0 Å². The second-order valence-corrected chi connectivity index (χ2v) is 7.59. The van der Waals surface area contributed by atoms with Crippen molar-refractivity contribution < 1.29 is 14.4 Å². The van der Waals surface area contributed by atoms with Gasteiger partial charge in [0.25, 0.3) is 5.91 Å². The van der Waals surface area contributed by atoms with Gasteiger partial charge in [-0.2, -0.15) is 0 Å². The first-order chi connectivity index (χ1) is 14.1. The van der Waals surface area contributed by atoms with E-state index < -0.39 is 0 Å². The monoisotopic (exact) mass is 388 g/mol. The van der Waals surface area contributed by atoms with Gasteiger partial charge in [-0.3, -0.25) is 14.4 Å². The molecule has 0 spiro atoms. The number of rotatable bonds is 4. The molecule has 2 aromatic carbocycles. The van der Waals surface area contributed by atoms with Crippen LogP contribution in [0, 0.1) is 0 Å². The van der Waals surface area contributed by atoms with Crippen LogP contribution in [0.25, 0.3) is 0 Å². The number of likely N-dealkylation sites (tertiary alicyclic amines) is 2. The summed E-state index contributed by atoms with van der Waals surface area (Å²) in [6.07, 6.45) is 1.04. The lowest BCUT2D eigenvalue weighted by molar-refractivity contribution is -0.134. The molecule has 4 rings (SSSR count). The summed E-state index contributed by atoms with van der Waals surface area (Å²) in [4.78, 5) is 41.8. The fourth-order valence-electron chi connectivity index (χ4n) is 4.01. The van der Waals surface area contributed by atoms with Crippen molar-refractivity contribution >= 4 is 17.6 Å². The first-order valence-corrected chi connectivity index (χ1v) is 10.0. The first-order valence-electron chi connectivity index (χ1n) is 10.0. The number of amides is 2. The van der Waals surface area contributed by atoms with Gasteiger partial charge < -0.3 is 9.80 Å². The number of nitrogens with zero attached hydrogens (tertiary/aromatic N) is 2. The molecular formula is C24H24N2O3. The molecular weight excluding hydrogens is 364 g/mol. The van der Waals surface area contributed by atoms with Crippen LogP contribution in [0.2, 0.25) is 0 Å². The molecule has 0 N–H and O–H groups in total. The quantitative estimate of drug-likeness (QED) is 0.597. The molecule has 2 aliphatic rings. The summed E-state index contributed by atoms with van der Waals surface area (Å²) >= 11 is 0. The number of ketones is 1. The van der Waals surface area contributed by atoms with Crippen LogP contribution in [-0.4, -0.2) is 40.5 Å². The number of carbonyl (C=O) groups excluding carboxylic acids is 3. The molecule has 148 valence electrons. The van der Waals surface area contributed by atoms with E-state index in [0.717, 1.165) is 11.1 Å². The Hall–Kier alpha value is -3.21. The predicted molar refractivity (Wildman–Crippen MR) is 110 cm³/mol. The molecule has 0 aromatic heterocycles. The number of Topliss-reactive ketones (excluding diaryl/α,β-unsaturated/α-hetero) is 1. The number of hydrogen-bond donors (Lipinski definition) is 0. The second kappa shape index (κ2) is 8.43.